The normalized spacial score (nSPS) is 26.4. The summed E-state index contributed by atoms with van der Waals surface area (Å²) < 4.78 is 34.6. The predicted molar refractivity (Wildman–Crippen MR) is 103 cm³/mol. The summed E-state index contributed by atoms with van der Waals surface area (Å²) in [7, 11) is 0. The Morgan fingerprint density at radius 2 is 2.04 bits per heavy atom. The van der Waals surface area contributed by atoms with E-state index in [0.717, 1.165) is 44.3 Å². The van der Waals surface area contributed by atoms with E-state index in [-0.39, 0.29) is 0 Å². The molecule has 1 aromatic carbocycles. The van der Waals surface area contributed by atoms with Gasteiger partial charge in [-0.25, -0.2) is 8.78 Å². The van der Waals surface area contributed by atoms with E-state index in [4.69, 9.17) is 4.74 Å². The van der Waals surface area contributed by atoms with Gasteiger partial charge in [-0.05, 0) is 74.3 Å². The zero-order valence-electron chi connectivity index (χ0n) is 15.8. The second-order valence-corrected chi connectivity index (χ2v) is 7.70. The largest absolute Gasteiger partial charge is 0.378 e. The van der Waals surface area contributed by atoms with Crippen molar-refractivity contribution < 1.29 is 13.5 Å². The molecule has 1 saturated heterocycles. The van der Waals surface area contributed by atoms with Crippen molar-refractivity contribution >= 4 is 5.57 Å². The van der Waals surface area contributed by atoms with Gasteiger partial charge in [-0.1, -0.05) is 31.2 Å². The molecule has 1 aliphatic heterocycles. The number of aryl methyl sites for hydroxylation is 1. The molecule has 0 bridgehead atoms. The summed E-state index contributed by atoms with van der Waals surface area (Å²) in [5, 5.41) is 0. The fourth-order valence-electron chi connectivity index (χ4n) is 4.33. The number of halogens is 2. The summed E-state index contributed by atoms with van der Waals surface area (Å²) in [5.41, 5.74) is 1.83. The summed E-state index contributed by atoms with van der Waals surface area (Å²) in [6, 6.07) is 3.46. The second kappa shape index (κ2) is 8.94. The fraction of sp³-hybridized carbons (Fsp3) is 0.565. The molecule has 0 spiro atoms. The molecule has 3 heteroatoms. The first kappa shape index (κ1) is 19.3. The van der Waals surface area contributed by atoms with Gasteiger partial charge in [0.15, 0.2) is 11.6 Å². The second-order valence-electron chi connectivity index (χ2n) is 7.70. The SMILES string of the molecule is C=CCCC1CCC(C2CC=C(c3ccc(CC)c(F)c3F)CC2)OC1. The van der Waals surface area contributed by atoms with Gasteiger partial charge in [-0.3, -0.25) is 0 Å². The molecular weight excluding hydrogens is 330 g/mol. The molecule has 1 heterocycles. The van der Waals surface area contributed by atoms with Crippen LogP contribution in [-0.4, -0.2) is 12.7 Å². The Morgan fingerprint density at radius 1 is 1.19 bits per heavy atom. The fourth-order valence-corrected chi connectivity index (χ4v) is 4.33. The highest BCUT2D eigenvalue weighted by molar-refractivity contribution is 5.67. The van der Waals surface area contributed by atoms with Crippen LogP contribution in [0.3, 0.4) is 0 Å². The third kappa shape index (κ3) is 4.25. The van der Waals surface area contributed by atoms with E-state index in [1.54, 1.807) is 12.1 Å². The van der Waals surface area contributed by atoms with E-state index in [1.807, 2.05) is 13.0 Å². The number of hydrogen-bond donors (Lipinski definition) is 0. The molecule has 3 rings (SSSR count). The number of benzene rings is 1. The van der Waals surface area contributed by atoms with Crippen LogP contribution in [0.5, 0.6) is 0 Å². The molecule has 3 atom stereocenters. The van der Waals surface area contributed by atoms with Crippen molar-refractivity contribution in [2.24, 2.45) is 11.8 Å². The van der Waals surface area contributed by atoms with E-state index < -0.39 is 11.6 Å². The third-order valence-electron chi connectivity index (χ3n) is 6.05. The first-order valence-electron chi connectivity index (χ1n) is 10.0. The van der Waals surface area contributed by atoms with Crippen LogP contribution >= 0.6 is 0 Å². The monoisotopic (exact) mass is 360 g/mol. The van der Waals surface area contributed by atoms with Crippen molar-refractivity contribution in [2.75, 3.05) is 6.61 Å². The van der Waals surface area contributed by atoms with Crippen LogP contribution in [0, 0.1) is 23.5 Å². The highest BCUT2D eigenvalue weighted by Gasteiger charge is 2.30. The van der Waals surface area contributed by atoms with Gasteiger partial charge in [0, 0.05) is 12.2 Å². The van der Waals surface area contributed by atoms with Gasteiger partial charge in [0.05, 0.1) is 6.10 Å². The standard InChI is InChI=1S/C23H30F2O/c1-3-5-6-16-7-14-21(26-15-16)19-10-8-18(9-11-19)20-13-12-17(4-2)22(24)23(20)25/h3,8,12-13,16,19,21H,1,4-7,9-11,14-15H2,2H3. The van der Waals surface area contributed by atoms with Crippen LogP contribution in [-0.2, 0) is 11.2 Å². The van der Waals surface area contributed by atoms with Gasteiger partial charge in [0.25, 0.3) is 0 Å². The molecule has 1 nitrogen and oxygen atoms in total. The minimum absolute atomic E-state index is 0.317. The van der Waals surface area contributed by atoms with Gasteiger partial charge < -0.3 is 4.74 Å². The van der Waals surface area contributed by atoms with Gasteiger partial charge in [0.1, 0.15) is 0 Å². The Bertz CT molecular complexity index is 656. The zero-order chi connectivity index (χ0) is 18.5. The molecule has 0 aromatic heterocycles. The summed E-state index contributed by atoms with van der Waals surface area (Å²) in [4.78, 5) is 0. The summed E-state index contributed by atoms with van der Waals surface area (Å²) in [6.07, 6.45) is 12.2. The Hall–Kier alpha value is -1.48. The average Bonchev–Trinajstić information content (AvgIpc) is 2.69. The highest BCUT2D eigenvalue weighted by Crippen LogP contribution is 2.37. The van der Waals surface area contributed by atoms with E-state index in [2.05, 4.69) is 12.7 Å². The number of hydrogen-bond acceptors (Lipinski definition) is 1. The van der Waals surface area contributed by atoms with E-state index >= 15 is 0 Å². The van der Waals surface area contributed by atoms with Crippen LogP contribution in [0.25, 0.3) is 5.57 Å². The summed E-state index contributed by atoms with van der Waals surface area (Å²) in [6.45, 7) is 6.48. The van der Waals surface area contributed by atoms with Crippen LogP contribution in [0.4, 0.5) is 8.78 Å². The molecule has 26 heavy (non-hydrogen) atoms. The summed E-state index contributed by atoms with van der Waals surface area (Å²) >= 11 is 0. The lowest BCUT2D eigenvalue weighted by Gasteiger charge is -2.35. The molecular formula is C23H30F2O. The molecule has 0 amide bonds. The molecule has 3 unspecified atom stereocenters. The lowest BCUT2D eigenvalue weighted by Crippen LogP contribution is -2.32. The molecule has 1 fully saturated rings. The van der Waals surface area contributed by atoms with Crippen molar-refractivity contribution in [1.82, 2.24) is 0 Å². The van der Waals surface area contributed by atoms with E-state index in [0.29, 0.717) is 35.5 Å². The average molecular weight is 360 g/mol. The third-order valence-corrected chi connectivity index (χ3v) is 6.05. The van der Waals surface area contributed by atoms with Crippen LogP contribution in [0.2, 0.25) is 0 Å². The number of allylic oxidation sites excluding steroid dienone is 3. The maximum atomic E-state index is 14.4. The predicted octanol–water partition coefficient (Wildman–Crippen LogP) is 6.47. The minimum Gasteiger partial charge on any atom is -0.378 e. The Labute approximate surface area is 156 Å². The molecule has 0 N–H and O–H groups in total. The smallest absolute Gasteiger partial charge is 0.166 e. The molecule has 0 radical (unpaired) electrons. The lowest BCUT2D eigenvalue weighted by atomic mass is 9.80. The molecule has 142 valence electrons. The maximum absolute atomic E-state index is 14.4. The minimum atomic E-state index is -0.687. The van der Waals surface area contributed by atoms with Crippen LogP contribution in [0.15, 0.2) is 30.9 Å². The van der Waals surface area contributed by atoms with Gasteiger partial charge in [-0.2, -0.15) is 0 Å². The van der Waals surface area contributed by atoms with Gasteiger partial charge in [-0.15, -0.1) is 6.58 Å². The highest BCUT2D eigenvalue weighted by atomic mass is 19.2. The Morgan fingerprint density at radius 3 is 2.65 bits per heavy atom. The van der Waals surface area contributed by atoms with E-state index in [1.165, 1.54) is 12.8 Å². The first-order chi connectivity index (χ1) is 12.6. The lowest BCUT2D eigenvalue weighted by molar-refractivity contribution is -0.0501. The van der Waals surface area contributed by atoms with Crippen molar-refractivity contribution in [3.63, 3.8) is 0 Å². The molecule has 1 aliphatic carbocycles. The summed E-state index contributed by atoms with van der Waals surface area (Å²) in [5.74, 6) is -0.211. The molecule has 2 aliphatic rings. The van der Waals surface area contributed by atoms with Crippen LogP contribution < -0.4 is 0 Å². The van der Waals surface area contributed by atoms with Crippen LogP contribution in [0.1, 0.15) is 63.0 Å². The van der Waals surface area contributed by atoms with Gasteiger partial charge >= 0.3 is 0 Å². The van der Waals surface area contributed by atoms with Crippen molar-refractivity contribution in [3.8, 4) is 0 Å². The van der Waals surface area contributed by atoms with Crippen molar-refractivity contribution in [1.29, 1.82) is 0 Å². The van der Waals surface area contributed by atoms with E-state index in [9.17, 15) is 8.78 Å². The number of ether oxygens (including phenoxy) is 1. The van der Waals surface area contributed by atoms with Crippen molar-refractivity contribution in [2.45, 2.75) is 64.4 Å². The topological polar surface area (TPSA) is 9.23 Å². The number of rotatable bonds is 6. The molecule has 1 aromatic rings. The molecule has 0 saturated carbocycles. The zero-order valence-corrected chi connectivity index (χ0v) is 15.8. The maximum Gasteiger partial charge on any atom is 0.166 e. The first-order valence-corrected chi connectivity index (χ1v) is 10.0. The quantitative estimate of drug-likeness (QED) is 0.528. The Kier molecular flexibility index (Phi) is 6.63. The van der Waals surface area contributed by atoms with Crippen molar-refractivity contribution in [3.05, 3.63) is 53.6 Å². The Balaban J connectivity index is 1.59. The van der Waals surface area contributed by atoms with Gasteiger partial charge in [0.2, 0.25) is 0 Å².